The van der Waals surface area contributed by atoms with Gasteiger partial charge >= 0.3 is 6.18 Å². The van der Waals surface area contributed by atoms with E-state index in [-0.39, 0.29) is 19.8 Å². The number of aliphatic hydroxyl groups excluding tert-OH is 1. The monoisotopic (exact) mass is 313 g/mol. The Balaban J connectivity index is 2.08. The Morgan fingerprint density at radius 2 is 1.90 bits per heavy atom. The van der Waals surface area contributed by atoms with Crippen LogP contribution in [0.1, 0.15) is 5.56 Å². The molecule has 0 spiro atoms. The summed E-state index contributed by atoms with van der Waals surface area (Å²) >= 11 is 5.72. The van der Waals surface area contributed by atoms with Crippen molar-refractivity contribution in [3.05, 3.63) is 34.9 Å². The van der Waals surface area contributed by atoms with E-state index in [2.05, 4.69) is 4.84 Å². The molecule has 0 aliphatic heterocycles. The van der Waals surface area contributed by atoms with Crippen molar-refractivity contribution in [3.8, 4) is 0 Å². The molecule has 0 aliphatic carbocycles. The summed E-state index contributed by atoms with van der Waals surface area (Å²) in [4.78, 5) is 4.14. The van der Waals surface area contributed by atoms with Gasteiger partial charge in [-0.2, -0.15) is 18.7 Å². The lowest BCUT2D eigenvalue weighted by Crippen LogP contribution is -2.33. The van der Waals surface area contributed by atoms with Gasteiger partial charge in [0.05, 0.1) is 19.3 Å². The summed E-state index contributed by atoms with van der Waals surface area (Å²) in [7, 11) is 0. The summed E-state index contributed by atoms with van der Waals surface area (Å²) in [6, 6.07) is 6.98. The lowest BCUT2D eigenvalue weighted by molar-refractivity contribution is -0.191. The predicted molar refractivity (Wildman–Crippen MR) is 67.1 cm³/mol. The molecule has 1 aromatic rings. The van der Waals surface area contributed by atoms with Crippen molar-refractivity contribution in [2.75, 3.05) is 19.8 Å². The number of halogens is 4. The molecular weight excluding hydrogens is 299 g/mol. The van der Waals surface area contributed by atoms with Crippen LogP contribution in [0.25, 0.3) is 0 Å². The maximum atomic E-state index is 11.7. The summed E-state index contributed by atoms with van der Waals surface area (Å²) < 4.78 is 40.4. The second kappa shape index (κ2) is 8.43. The highest BCUT2D eigenvalue weighted by atomic mass is 35.5. The molecule has 20 heavy (non-hydrogen) atoms. The van der Waals surface area contributed by atoms with E-state index in [0.717, 1.165) is 5.56 Å². The standard InChI is InChI=1S/C12H15ClF3NO3/c13-10-3-1-9(2-4-10)6-19-7-11(18)5-17-20-8-12(14,15)16/h1-4,11,17-18H,5-8H2. The summed E-state index contributed by atoms with van der Waals surface area (Å²) in [5, 5.41) is 10.0. The largest absolute Gasteiger partial charge is 0.413 e. The Hall–Kier alpha value is -0.860. The first-order valence-electron chi connectivity index (χ1n) is 5.78. The Bertz CT molecular complexity index is 387. The zero-order chi connectivity index (χ0) is 15.0. The van der Waals surface area contributed by atoms with Gasteiger partial charge < -0.3 is 9.84 Å². The third-order valence-corrected chi connectivity index (χ3v) is 2.40. The molecule has 0 amide bonds. The molecule has 0 fully saturated rings. The number of nitrogens with one attached hydrogen (secondary N) is 1. The Morgan fingerprint density at radius 3 is 2.50 bits per heavy atom. The zero-order valence-corrected chi connectivity index (χ0v) is 11.2. The smallest absolute Gasteiger partial charge is 0.389 e. The number of hydrogen-bond acceptors (Lipinski definition) is 4. The lowest BCUT2D eigenvalue weighted by Gasteiger charge is -2.13. The van der Waals surface area contributed by atoms with E-state index in [9.17, 15) is 18.3 Å². The van der Waals surface area contributed by atoms with Crippen molar-refractivity contribution in [2.24, 2.45) is 0 Å². The van der Waals surface area contributed by atoms with Crippen molar-refractivity contribution in [3.63, 3.8) is 0 Å². The summed E-state index contributed by atoms with van der Waals surface area (Å²) in [5.74, 6) is 0. The highest BCUT2D eigenvalue weighted by Crippen LogP contribution is 2.13. The average molecular weight is 314 g/mol. The zero-order valence-electron chi connectivity index (χ0n) is 10.5. The molecule has 0 aliphatic rings. The van der Waals surface area contributed by atoms with Crippen LogP contribution in [0.5, 0.6) is 0 Å². The number of benzene rings is 1. The van der Waals surface area contributed by atoms with Gasteiger partial charge in [0.15, 0.2) is 6.61 Å². The molecule has 1 rings (SSSR count). The minimum atomic E-state index is -4.40. The molecule has 0 radical (unpaired) electrons. The topological polar surface area (TPSA) is 50.7 Å². The fourth-order valence-corrected chi connectivity index (χ4v) is 1.37. The number of ether oxygens (including phenoxy) is 1. The van der Waals surface area contributed by atoms with Crippen molar-refractivity contribution in [1.82, 2.24) is 5.48 Å². The Kier molecular flexibility index (Phi) is 7.25. The van der Waals surface area contributed by atoms with Crippen molar-refractivity contribution in [2.45, 2.75) is 18.9 Å². The van der Waals surface area contributed by atoms with E-state index >= 15 is 0 Å². The van der Waals surface area contributed by atoms with Gasteiger partial charge in [-0.1, -0.05) is 23.7 Å². The van der Waals surface area contributed by atoms with Crippen LogP contribution in [0.15, 0.2) is 24.3 Å². The summed E-state index contributed by atoms with van der Waals surface area (Å²) in [6.07, 6.45) is -5.36. The lowest BCUT2D eigenvalue weighted by atomic mass is 10.2. The third kappa shape index (κ3) is 8.34. The van der Waals surface area contributed by atoms with Crippen LogP contribution in [0.2, 0.25) is 5.02 Å². The maximum absolute atomic E-state index is 11.7. The molecule has 0 saturated carbocycles. The number of aliphatic hydroxyl groups is 1. The molecule has 0 heterocycles. The summed E-state index contributed by atoms with van der Waals surface area (Å²) in [6.45, 7) is -1.31. The van der Waals surface area contributed by atoms with E-state index in [0.29, 0.717) is 5.02 Å². The highest BCUT2D eigenvalue weighted by molar-refractivity contribution is 6.30. The molecule has 8 heteroatoms. The van der Waals surface area contributed by atoms with E-state index in [1.165, 1.54) is 0 Å². The predicted octanol–water partition coefficient (Wildman–Crippen LogP) is 2.30. The van der Waals surface area contributed by atoms with Crippen LogP contribution < -0.4 is 5.48 Å². The van der Waals surface area contributed by atoms with E-state index in [1.54, 1.807) is 24.3 Å². The highest BCUT2D eigenvalue weighted by Gasteiger charge is 2.27. The minimum Gasteiger partial charge on any atom is -0.389 e. The van der Waals surface area contributed by atoms with Crippen LogP contribution in [-0.2, 0) is 16.2 Å². The van der Waals surface area contributed by atoms with Gasteiger partial charge in [0.25, 0.3) is 0 Å². The maximum Gasteiger partial charge on any atom is 0.413 e. The van der Waals surface area contributed by atoms with Gasteiger partial charge in [-0.15, -0.1) is 0 Å². The average Bonchev–Trinajstić information content (AvgIpc) is 2.36. The fourth-order valence-electron chi connectivity index (χ4n) is 1.24. The molecule has 0 saturated heterocycles. The van der Waals surface area contributed by atoms with Crippen LogP contribution in [0.4, 0.5) is 13.2 Å². The van der Waals surface area contributed by atoms with Crippen LogP contribution >= 0.6 is 11.6 Å². The number of alkyl halides is 3. The van der Waals surface area contributed by atoms with Crippen molar-refractivity contribution < 1.29 is 27.9 Å². The quantitative estimate of drug-likeness (QED) is 0.571. The molecular formula is C12H15ClF3NO3. The Morgan fingerprint density at radius 1 is 1.25 bits per heavy atom. The first-order valence-corrected chi connectivity index (χ1v) is 6.16. The minimum absolute atomic E-state index is 0.0228. The molecule has 114 valence electrons. The molecule has 4 nitrogen and oxygen atoms in total. The van der Waals surface area contributed by atoms with E-state index < -0.39 is 18.9 Å². The molecule has 1 aromatic carbocycles. The molecule has 0 aromatic heterocycles. The van der Waals surface area contributed by atoms with Gasteiger partial charge in [0.1, 0.15) is 0 Å². The molecule has 1 atom stereocenters. The van der Waals surface area contributed by atoms with Crippen LogP contribution in [0, 0.1) is 0 Å². The van der Waals surface area contributed by atoms with Crippen molar-refractivity contribution in [1.29, 1.82) is 0 Å². The molecule has 0 bridgehead atoms. The third-order valence-electron chi connectivity index (χ3n) is 2.15. The van der Waals surface area contributed by atoms with Crippen molar-refractivity contribution >= 4 is 11.6 Å². The molecule has 2 N–H and O–H groups in total. The van der Waals surface area contributed by atoms with Crippen LogP contribution in [0.3, 0.4) is 0 Å². The molecule has 1 unspecified atom stereocenters. The van der Waals surface area contributed by atoms with Gasteiger partial charge in [0.2, 0.25) is 0 Å². The second-order valence-corrected chi connectivity index (χ2v) is 4.48. The van der Waals surface area contributed by atoms with Gasteiger partial charge in [-0.3, -0.25) is 4.84 Å². The fraction of sp³-hybridized carbons (Fsp3) is 0.500. The normalized spacial score (nSPS) is 13.4. The van der Waals surface area contributed by atoms with E-state index in [1.807, 2.05) is 5.48 Å². The second-order valence-electron chi connectivity index (χ2n) is 4.05. The SMILES string of the molecule is OC(CNOCC(F)(F)F)COCc1ccc(Cl)cc1. The van der Waals surface area contributed by atoms with Gasteiger partial charge in [0, 0.05) is 11.6 Å². The van der Waals surface area contributed by atoms with Crippen LogP contribution in [-0.4, -0.2) is 37.1 Å². The first kappa shape index (κ1) is 17.2. The van der Waals surface area contributed by atoms with Gasteiger partial charge in [-0.25, -0.2) is 0 Å². The number of hydroxylamine groups is 1. The van der Waals surface area contributed by atoms with E-state index in [4.69, 9.17) is 16.3 Å². The Labute approximate surface area is 119 Å². The first-order chi connectivity index (χ1) is 9.37. The summed E-state index contributed by atoms with van der Waals surface area (Å²) in [5.41, 5.74) is 2.91. The van der Waals surface area contributed by atoms with Gasteiger partial charge in [-0.05, 0) is 17.7 Å². The number of rotatable bonds is 8. The number of hydrogen-bond donors (Lipinski definition) is 2.